The summed E-state index contributed by atoms with van der Waals surface area (Å²) in [5.41, 5.74) is 1.74. The molecular weight excluding hydrogens is 429 g/mol. The Morgan fingerprint density at radius 2 is 1.82 bits per heavy atom. The third-order valence-corrected chi connectivity index (χ3v) is 5.54. The van der Waals surface area contributed by atoms with Crippen molar-refractivity contribution in [3.63, 3.8) is 0 Å². The number of hydrogen-bond acceptors (Lipinski definition) is 3. The summed E-state index contributed by atoms with van der Waals surface area (Å²) >= 11 is 0. The number of pyridine rings is 2. The highest BCUT2D eigenvalue weighted by Gasteiger charge is 2.21. The lowest BCUT2D eigenvalue weighted by Gasteiger charge is -2.12. The number of aromatic nitrogens is 3. The van der Waals surface area contributed by atoms with E-state index in [1.54, 1.807) is 30.5 Å². The molecule has 0 radical (unpaired) electrons. The Balaban J connectivity index is 1.59. The summed E-state index contributed by atoms with van der Waals surface area (Å²) in [4.78, 5) is 20.0. The Hall–Kier alpha value is -4.20. The largest absolute Gasteiger partial charge is 0.355 e. The van der Waals surface area contributed by atoms with E-state index in [1.165, 1.54) is 42.0 Å². The number of carbonyl (C=O) groups excluding carboxylic acids is 1. The number of hydrogen-bond donors (Lipinski definition) is 1. The van der Waals surface area contributed by atoms with E-state index in [0.29, 0.717) is 16.7 Å². The zero-order valence-electron chi connectivity index (χ0n) is 17.4. The van der Waals surface area contributed by atoms with Gasteiger partial charge in [-0.15, -0.1) is 0 Å². The fraction of sp³-hybridized carbons (Fsp3) is 0.0800. The van der Waals surface area contributed by atoms with Crippen molar-refractivity contribution >= 4 is 22.5 Å². The van der Waals surface area contributed by atoms with Crippen molar-refractivity contribution in [2.75, 3.05) is 7.05 Å². The number of fused-ring (bicyclic) bond motifs is 2. The molecule has 3 heterocycles. The van der Waals surface area contributed by atoms with Crippen molar-refractivity contribution in [1.29, 1.82) is 0 Å². The van der Waals surface area contributed by atoms with Crippen LogP contribution in [0.3, 0.4) is 0 Å². The van der Waals surface area contributed by atoms with E-state index in [1.807, 2.05) is 6.07 Å². The molecule has 0 saturated carbocycles. The first-order valence-electron chi connectivity index (χ1n) is 10.1. The Morgan fingerprint density at radius 3 is 2.61 bits per heavy atom. The van der Waals surface area contributed by atoms with Gasteiger partial charge in [0, 0.05) is 30.4 Å². The lowest BCUT2D eigenvalue weighted by Crippen LogP contribution is -2.19. The molecule has 0 aliphatic heterocycles. The monoisotopic (exact) mass is 446 g/mol. The molecule has 0 unspecified atom stereocenters. The molecule has 0 spiro atoms. The van der Waals surface area contributed by atoms with Crippen molar-refractivity contribution in [3.8, 4) is 11.1 Å². The van der Waals surface area contributed by atoms with E-state index in [0.717, 1.165) is 17.0 Å². The molecule has 164 valence electrons. The molecule has 0 bridgehead atoms. The van der Waals surface area contributed by atoms with Crippen LogP contribution in [0.25, 0.3) is 27.7 Å². The van der Waals surface area contributed by atoms with Gasteiger partial charge in [0.1, 0.15) is 5.82 Å². The van der Waals surface area contributed by atoms with Crippen LogP contribution in [-0.4, -0.2) is 27.3 Å². The number of imidazole rings is 1. The van der Waals surface area contributed by atoms with E-state index in [2.05, 4.69) is 15.3 Å². The number of halogens is 3. The second-order valence-corrected chi connectivity index (χ2v) is 7.55. The molecule has 0 aliphatic rings. The average Bonchev–Trinajstić information content (AvgIpc) is 3.27. The summed E-state index contributed by atoms with van der Waals surface area (Å²) < 4.78 is 46.1. The van der Waals surface area contributed by atoms with Crippen molar-refractivity contribution in [2.24, 2.45) is 0 Å². The maximum Gasteiger partial charge on any atom is 0.253 e. The highest BCUT2D eigenvalue weighted by atomic mass is 19.1. The normalized spacial score (nSPS) is 12.2. The lowest BCUT2D eigenvalue weighted by atomic mass is 10.0. The lowest BCUT2D eigenvalue weighted by molar-refractivity contribution is 0.0959. The van der Waals surface area contributed by atoms with Gasteiger partial charge in [-0.05, 0) is 47.5 Å². The summed E-state index contributed by atoms with van der Waals surface area (Å²) in [6.07, 6.45) is 2.87. The molecule has 1 atom stereocenters. The van der Waals surface area contributed by atoms with Gasteiger partial charge in [0.15, 0.2) is 17.6 Å². The Labute approximate surface area is 186 Å². The van der Waals surface area contributed by atoms with Gasteiger partial charge in [-0.1, -0.05) is 18.2 Å². The molecule has 8 heteroatoms. The molecule has 1 N–H and O–H groups in total. The van der Waals surface area contributed by atoms with Gasteiger partial charge in [-0.25, -0.2) is 18.2 Å². The fourth-order valence-corrected chi connectivity index (χ4v) is 3.85. The molecule has 5 rings (SSSR count). The Bertz CT molecular complexity index is 1530. The Kier molecular flexibility index (Phi) is 5.05. The van der Waals surface area contributed by atoms with Crippen LogP contribution in [-0.2, 0) is 0 Å². The number of nitrogens with one attached hydrogen (secondary N) is 1. The summed E-state index contributed by atoms with van der Waals surface area (Å²) in [5.74, 6) is -1.99. The first kappa shape index (κ1) is 20.7. The van der Waals surface area contributed by atoms with Gasteiger partial charge in [-0.3, -0.25) is 14.2 Å². The van der Waals surface area contributed by atoms with Crippen LogP contribution in [0.1, 0.15) is 27.8 Å². The maximum absolute atomic E-state index is 15.6. The van der Waals surface area contributed by atoms with Gasteiger partial charge in [0.05, 0.1) is 23.0 Å². The molecule has 0 fully saturated rings. The van der Waals surface area contributed by atoms with Crippen molar-refractivity contribution in [1.82, 2.24) is 19.7 Å². The number of benzene rings is 2. The third-order valence-electron chi connectivity index (χ3n) is 5.54. The summed E-state index contributed by atoms with van der Waals surface area (Å²) in [6, 6.07) is 13.8. The zero-order valence-corrected chi connectivity index (χ0v) is 17.4. The minimum Gasteiger partial charge on any atom is -0.355 e. The number of carbonyl (C=O) groups is 1. The van der Waals surface area contributed by atoms with Gasteiger partial charge >= 0.3 is 0 Å². The Morgan fingerprint density at radius 1 is 1.00 bits per heavy atom. The highest BCUT2D eigenvalue weighted by Crippen LogP contribution is 2.31. The average molecular weight is 446 g/mol. The van der Waals surface area contributed by atoms with Crippen LogP contribution in [0.4, 0.5) is 13.2 Å². The van der Waals surface area contributed by atoms with Crippen LogP contribution < -0.4 is 5.32 Å². The van der Waals surface area contributed by atoms with Crippen LogP contribution in [0, 0.1) is 11.6 Å². The van der Waals surface area contributed by atoms with Crippen LogP contribution in [0.2, 0.25) is 0 Å². The van der Waals surface area contributed by atoms with Crippen LogP contribution in [0.15, 0.2) is 73.2 Å². The van der Waals surface area contributed by atoms with Crippen molar-refractivity contribution in [2.45, 2.75) is 6.17 Å². The predicted molar refractivity (Wildman–Crippen MR) is 119 cm³/mol. The molecular formula is C25H17F3N4O. The predicted octanol–water partition coefficient (Wildman–Crippen LogP) is 5.25. The number of alkyl halides is 1. The number of nitrogens with zero attached hydrogens (tertiary/aromatic N) is 3. The minimum atomic E-state index is -1.58. The van der Waals surface area contributed by atoms with Crippen molar-refractivity contribution < 1.29 is 18.0 Å². The first-order valence-corrected chi connectivity index (χ1v) is 10.1. The standard InChI is InChI=1S/C25H17F3N4O/c1-29-25(33)18-6-4-14(10-19(18)26)17-11-20(27)24-31-12-22(32(24)13-17)23(28)16-5-7-21-15(9-16)3-2-8-30-21/h2-13,23H,1H3,(H,29,33)/t23-/m0/s1. The van der Waals surface area contributed by atoms with E-state index >= 15 is 4.39 Å². The first-order chi connectivity index (χ1) is 16.0. The van der Waals surface area contributed by atoms with E-state index < -0.39 is 23.7 Å². The van der Waals surface area contributed by atoms with E-state index in [-0.39, 0.29) is 16.9 Å². The van der Waals surface area contributed by atoms with E-state index in [9.17, 15) is 13.6 Å². The van der Waals surface area contributed by atoms with Crippen LogP contribution in [0.5, 0.6) is 0 Å². The van der Waals surface area contributed by atoms with Gasteiger partial charge in [0.25, 0.3) is 5.91 Å². The molecule has 0 saturated heterocycles. The molecule has 3 aromatic heterocycles. The molecule has 5 nitrogen and oxygen atoms in total. The molecule has 33 heavy (non-hydrogen) atoms. The summed E-state index contributed by atoms with van der Waals surface area (Å²) in [7, 11) is 1.40. The summed E-state index contributed by atoms with van der Waals surface area (Å²) in [6.45, 7) is 0. The molecule has 1 amide bonds. The second-order valence-electron chi connectivity index (χ2n) is 7.55. The second kappa shape index (κ2) is 8.05. The van der Waals surface area contributed by atoms with Crippen LogP contribution >= 0.6 is 0 Å². The quantitative estimate of drug-likeness (QED) is 0.410. The number of rotatable bonds is 4. The number of amides is 1. The van der Waals surface area contributed by atoms with Gasteiger partial charge < -0.3 is 5.32 Å². The van der Waals surface area contributed by atoms with Gasteiger partial charge in [-0.2, -0.15) is 0 Å². The van der Waals surface area contributed by atoms with Crippen molar-refractivity contribution in [3.05, 3.63) is 102 Å². The SMILES string of the molecule is CNC(=O)c1ccc(-c2cc(F)c3ncc([C@@H](F)c4ccc5ncccc5c4)n3c2)cc1F. The smallest absolute Gasteiger partial charge is 0.253 e. The highest BCUT2D eigenvalue weighted by molar-refractivity contribution is 5.94. The molecule has 0 aliphatic carbocycles. The fourth-order valence-electron chi connectivity index (χ4n) is 3.85. The zero-order chi connectivity index (χ0) is 23.1. The maximum atomic E-state index is 15.6. The van der Waals surface area contributed by atoms with Gasteiger partial charge in [0.2, 0.25) is 0 Å². The molecule has 2 aromatic carbocycles. The minimum absolute atomic E-state index is 0.0405. The summed E-state index contributed by atoms with van der Waals surface area (Å²) in [5, 5.41) is 3.14. The van der Waals surface area contributed by atoms with E-state index in [4.69, 9.17) is 0 Å². The topological polar surface area (TPSA) is 59.3 Å². The molecule has 5 aromatic rings. The third kappa shape index (κ3) is 3.59.